The van der Waals surface area contributed by atoms with Crippen molar-refractivity contribution in [2.24, 2.45) is 0 Å². The van der Waals surface area contributed by atoms with Gasteiger partial charge in [-0.25, -0.2) is 4.79 Å². The van der Waals surface area contributed by atoms with E-state index in [9.17, 15) is 14.4 Å². The summed E-state index contributed by atoms with van der Waals surface area (Å²) in [6, 6.07) is -0.534. The highest BCUT2D eigenvalue weighted by Gasteiger charge is 2.06. The molecule has 0 aliphatic carbocycles. The van der Waals surface area contributed by atoms with E-state index in [0.717, 1.165) is 12.3 Å². The lowest BCUT2D eigenvalue weighted by Gasteiger charge is -2.04. The summed E-state index contributed by atoms with van der Waals surface area (Å²) in [5, 5.41) is 4.58. The van der Waals surface area contributed by atoms with E-state index >= 15 is 0 Å². The Balaban J connectivity index is 2.79. The maximum absolute atomic E-state index is 11.2. The second-order valence-electron chi connectivity index (χ2n) is 2.72. The topological polar surface area (TPSA) is 99.3 Å². The molecule has 0 aromatic heterocycles. The van der Waals surface area contributed by atoms with Crippen LogP contribution in [-0.4, -0.2) is 17.8 Å². The van der Waals surface area contributed by atoms with Gasteiger partial charge in [0.2, 0.25) is 0 Å². The van der Waals surface area contributed by atoms with Crippen LogP contribution in [0.4, 0.5) is 4.79 Å². The average Bonchev–Trinajstić information content (AvgIpc) is 2.23. The van der Waals surface area contributed by atoms with Gasteiger partial charge in [-0.2, -0.15) is 0 Å². The molecule has 15 heavy (non-hydrogen) atoms. The molecule has 0 aromatic rings. The van der Waals surface area contributed by atoms with Crippen LogP contribution in [-0.2, 0) is 9.59 Å². The van der Waals surface area contributed by atoms with Crippen LogP contribution in [0.5, 0.6) is 0 Å². The number of hydrogen-bond acceptors (Lipinski definition) is 3. The maximum atomic E-state index is 11.2. The minimum Gasteiger partial charge on any atom is -0.314 e. The minimum absolute atomic E-state index is 0.257. The minimum atomic E-state index is -0.543. The van der Waals surface area contributed by atoms with Crippen LogP contribution in [0, 0.1) is 0 Å². The van der Waals surface area contributed by atoms with Crippen molar-refractivity contribution in [1.82, 2.24) is 21.5 Å². The number of rotatable bonds is 0. The van der Waals surface area contributed by atoms with Crippen LogP contribution in [0.2, 0.25) is 0 Å². The third-order valence-electron chi connectivity index (χ3n) is 1.53. The zero-order valence-electron chi connectivity index (χ0n) is 7.96. The van der Waals surface area contributed by atoms with Crippen LogP contribution < -0.4 is 21.5 Å². The van der Waals surface area contributed by atoms with Crippen molar-refractivity contribution in [2.75, 3.05) is 0 Å². The van der Waals surface area contributed by atoms with E-state index < -0.39 is 17.8 Å². The van der Waals surface area contributed by atoms with E-state index in [1.54, 1.807) is 0 Å². The molecule has 1 aliphatic heterocycles. The Kier molecular flexibility index (Phi) is 3.44. The molecule has 1 aliphatic rings. The molecule has 0 bridgehead atoms. The van der Waals surface area contributed by atoms with Crippen LogP contribution in [0.3, 0.4) is 0 Å². The van der Waals surface area contributed by atoms with Crippen molar-refractivity contribution in [3.63, 3.8) is 0 Å². The van der Waals surface area contributed by atoms with Gasteiger partial charge in [-0.3, -0.25) is 20.4 Å². The Hall–Kier alpha value is -2.31. The first-order valence-corrected chi connectivity index (χ1v) is 4.10. The molecule has 0 radical (unpaired) electrons. The summed E-state index contributed by atoms with van der Waals surface area (Å²) >= 11 is 0. The van der Waals surface area contributed by atoms with Gasteiger partial charge in [-0.1, -0.05) is 0 Å². The Morgan fingerprint density at radius 3 is 2.53 bits per heavy atom. The van der Waals surface area contributed by atoms with Crippen LogP contribution in [0.25, 0.3) is 0 Å². The van der Waals surface area contributed by atoms with Gasteiger partial charge in [0, 0.05) is 24.0 Å². The molecular formula is C8H10N4O3. The highest BCUT2D eigenvalue weighted by molar-refractivity contribution is 5.96. The Labute approximate surface area is 85.6 Å². The molecule has 7 nitrogen and oxygen atoms in total. The lowest BCUT2D eigenvalue weighted by Crippen LogP contribution is -2.41. The third kappa shape index (κ3) is 3.51. The number of amides is 4. The summed E-state index contributed by atoms with van der Waals surface area (Å²) < 4.78 is 0. The summed E-state index contributed by atoms with van der Waals surface area (Å²) in [5.74, 6) is -1.04. The molecule has 80 valence electrons. The largest absolute Gasteiger partial charge is 0.322 e. The predicted octanol–water partition coefficient (Wildman–Crippen LogP) is -1.14. The van der Waals surface area contributed by atoms with Gasteiger partial charge in [-0.05, 0) is 6.92 Å². The van der Waals surface area contributed by atoms with Gasteiger partial charge < -0.3 is 10.6 Å². The van der Waals surface area contributed by atoms with Gasteiger partial charge in [-0.15, -0.1) is 0 Å². The molecule has 0 saturated carbocycles. The van der Waals surface area contributed by atoms with E-state index in [0.29, 0.717) is 0 Å². The second-order valence-corrected chi connectivity index (χ2v) is 2.72. The van der Waals surface area contributed by atoms with Crippen molar-refractivity contribution in [3.05, 3.63) is 24.0 Å². The lowest BCUT2D eigenvalue weighted by atomic mass is 10.3. The summed E-state index contributed by atoms with van der Waals surface area (Å²) in [7, 11) is 0. The Morgan fingerprint density at radius 1 is 1.07 bits per heavy atom. The number of hydrazine groups is 1. The Morgan fingerprint density at radius 2 is 1.80 bits per heavy atom. The summed E-state index contributed by atoms with van der Waals surface area (Å²) in [6.07, 6.45) is 3.46. The smallest absolute Gasteiger partial charge is 0.314 e. The molecule has 4 amide bonds. The van der Waals surface area contributed by atoms with E-state index in [4.69, 9.17) is 0 Å². The monoisotopic (exact) mass is 210 g/mol. The van der Waals surface area contributed by atoms with E-state index in [2.05, 4.69) is 21.5 Å². The number of carbonyl (C=O) groups excluding carboxylic acids is 3. The van der Waals surface area contributed by atoms with Crippen molar-refractivity contribution in [1.29, 1.82) is 0 Å². The standard InChI is InChI=1S/C8H10N4O3/c1-5-4-10-8(15)9-3-2-6(13)11-12-7(5)14/h2-4H,1H3,(H,11,13)(H,12,14)(H2,9,10,15)/b3-2-,5-4-. The molecule has 4 N–H and O–H groups in total. The van der Waals surface area contributed by atoms with E-state index in [1.165, 1.54) is 13.1 Å². The zero-order valence-corrected chi connectivity index (χ0v) is 7.96. The number of hydrogen-bond donors (Lipinski definition) is 4. The molecule has 0 unspecified atom stereocenters. The normalized spacial score (nSPS) is 23.3. The fraction of sp³-hybridized carbons (Fsp3) is 0.125. The lowest BCUT2D eigenvalue weighted by molar-refractivity contribution is -0.124. The van der Waals surface area contributed by atoms with E-state index in [-0.39, 0.29) is 5.57 Å². The molecule has 0 spiro atoms. The highest BCUT2D eigenvalue weighted by Crippen LogP contribution is 1.89. The third-order valence-corrected chi connectivity index (χ3v) is 1.53. The molecule has 1 rings (SSSR count). The molecular weight excluding hydrogens is 200 g/mol. The van der Waals surface area contributed by atoms with Gasteiger partial charge in [0.05, 0.1) is 0 Å². The van der Waals surface area contributed by atoms with Gasteiger partial charge in [0.1, 0.15) is 0 Å². The predicted molar refractivity (Wildman–Crippen MR) is 50.8 cm³/mol. The van der Waals surface area contributed by atoms with Crippen LogP contribution in [0.15, 0.2) is 24.0 Å². The number of urea groups is 1. The second kappa shape index (κ2) is 4.80. The van der Waals surface area contributed by atoms with Crippen LogP contribution in [0.1, 0.15) is 6.92 Å². The van der Waals surface area contributed by atoms with Crippen molar-refractivity contribution in [2.45, 2.75) is 6.92 Å². The molecule has 7 heteroatoms. The fourth-order valence-electron chi connectivity index (χ4n) is 0.733. The molecule has 0 saturated heterocycles. The molecule has 0 atom stereocenters. The first kappa shape index (κ1) is 10.8. The van der Waals surface area contributed by atoms with Gasteiger partial charge >= 0.3 is 6.03 Å². The quantitative estimate of drug-likeness (QED) is 0.407. The number of nitrogens with one attached hydrogen (secondary N) is 4. The summed E-state index contributed by atoms with van der Waals surface area (Å²) in [6.45, 7) is 1.49. The van der Waals surface area contributed by atoms with Crippen molar-refractivity contribution < 1.29 is 14.4 Å². The molecule has 1 heterocycles. The van der Waals surface area contributed by atoms with Gasteiger partial charge in [0.25, 0.3) is 11.8 Å². The van der Waals surface area contributed by atoms with Gasteiger partial charge in [0.15, 0.2) is 0 Å². The highest BCUT2D eigenvalue weighted by atomic mass is 16.2. The summed E-state index contributed by atoms with van der Waals surface area (Å²) in [5.41, 5.74) is 4.54. The maximum Gasteiger partial charge on any atom is 0.322 e. The van der Waals surface area contributed by atoms with Crippen molar-refractivity contribution >= 4 is 17.8 Å². The fourth-order valence-corrected chi connectivity index (χ4v) is 0.733. The number of carbonyl (C=O) groups is 3. The first-order chi connectivity index (χ1) is 7.09. The Bertz CT molecular complexity index is 359. The molecule has 0 fully saturated rings. The van der Waals surface area contributed by atoms with E-state index in [1.807, 2.05) is 0 Å². The first-order valence-electron chi connectivity index (χ1n) is 4.10. The SMILES string of the molecule is C/C1=C/NC(=O)N/C=C\C(=O)NNC1=O. The zero-order chi connectivity index (χ0) is 11.3. The van der Waals surface area contributed by atoms with Crippen molar-refractivity contribution in [3.8, 4) is 0 Å². The molecule has 0 aromatic carbocycles. The van der Waals surface area contributed by atoms with Crippen LogP contribution >= 0.6 is 0 Å². The average molecular weight is 210 g/mol. The summed E-state index contributed by atoms with van der Waals surface area (Å²) in [4.78, 5) is 33.2.